The highest BCUT2D eigenvalue weighted by Gasteiger charge is 2.61. The van der Waals surface area contributed by atoms with Crippen molar-refractivity contribution in [3.63, 3.8) is 0 Å². The standard InChI is InChI=1S/C17H16BrF3N4O/c1-11-6-7-23-16(17(19,20)21,12-4-2-3-5-13(12)18)15(11)14(26)8-25-10-22-9-24-25/h2-7,9-10,14,23,26H,8H2,1H3. The second kappa shape index (κ2) is 6.88. The van der Waals surface area contributed by atoms with Crippen molar-refractivity contribution in [1.82, 2.24) is 20.1 Å². The van der Waals surface area contributed by atoms with Crippen molar-refractivity contribution < 1.29 is 18.3 Å². The van der Waals surface area contributed by atoms with Crippen molar-refractivity contribution in [2.24, 2.45) is 0 Å². The summed E-state index contributed by atoms with van der Waals surface area (Å²) >= 11 is 3.22. The largest absolute Gasteiger partial charge is 0.419 e. The summed E-state index contributed by atoms with van der Waals surface area (Å²) in [5, 5.41) is 17.1. The van der Waals surface area contributed by atoms with Gasteiger partial charge >= 0.3 is 6.18 Å². The molecule has 3 rings (SSSR count). The van der Waals surface area contributed by atoms with Gasteiger partial charge in [0.2, 0.25) is 0 Å². The second-order valence-electron chi connectivity index (χ2n) is 5.94. The van der Waals surface area contributed by atoms with Crippen LogP contribution in [0.3, 0.4) is 0 Å². The van der Waals surface area contributed by atoms with Gasteiger partial charge in [0.15, 0.2) is 5.54 Å². The van der Waals surface area contributed by atoms with E-state index in [1.165, 1.54) is 41.7 Å². The molecule has 1 aromatic heterocycles. The Labute approximate surface area is 156 Å². The lowest BCUT2D eigenvalue weighted by Crippen LogP contribution is -2.57. The molecule has 0 fully saturated rings. The molecule has 0 bridgehead atoms. The Morgan fingerprint density at radius 3 is 2.69 bits per heavy atom. The third-order valence-corrected chi connectivity index (χ3v) is 5.02. The van der Waals surface area contributed by atoms with E-state index in [2.05, 4.69) is 31.3 Å². The number of alkyl halides is 3. The fraction of sp³-hybridized carbons (Fsp3) is 0.294. The molecule has 1 aliphatic heterocycles. The number of dihydropyridines is 1. The maximum Gasteiger partial charge on any atom is 0.419 e. The molecule has 9 heteroatoms. The third-order valence-electron chi connectivity index (χ3n) is 4.32. The molecule has 2 aromatic rings. The number of aromatic nitrogens is 3. The molecule has 0 radical (unpaired) electrons. The van der Waals surface area contributed by atoms with E-state index in [-0.39, 0.29) is 17.7 Å². The monoisotopic (exact) mass is 428 g/mol. The van der Waals surface area contributed by atoms with Gasteiger partial charge in [-0.15, -0.1) is 0 Å². The van der Waals surface area contributed by atoms with Gasteiger partial charge in [-0.3, -0.25) is 4.68 Å². The average Bonchev–Trinajstić information content (AvgIpc) is 3.06. The number of aliphatic hydroxyl groups excluding tert-OH is 1. The van der Waals surface area contributed by atoms with Crippen molar-refractivity contribution in [3.05, 3.63) is 70.4 Å². The molecule has 2 heterocycles. The summed E-state index contributed by atoms with van der Waals surface area (Å²) < 4.78 is 44.9. The van der Waals surface area contributed by atoms with Gasteiger partial charge in [-0.25, -0.2) is 4.98 Å². The van der Waals surface area contributed by atoms with E-state index >= 15 is 0 Å². The van der Waals surface area contributed by atoms with Crippen molar-refractivity contribution in [3.8, 4) is 0 Å². The zero-order chi connectivity index (χ0) is 18.9. The maximum atomic E-state index is 14.4. The van der Waals surface area contributed by atoms with Crippen LogP contribution in [-0.4, -0.2) is 32.2 Å². The highest BCUT2D eigenvalue weighted by molar-refractivity contribution is 9.10. The number of rotatable bonds is 4. The zero-order valence-corrected chi connectivity index (χ0v) is 15.3. The van der Waals surface area contributed by atoms with Crippen LogP contribution in [0, 0.1) is 0 Å². The Balaban J connectivity index is 2.19. The predicted molar refractivity (Wildman–Crippen MR) is 92.9 cm³/mol. The second-order valence-corrected chi connectivity index (χ2v) is 6.79. The number of allylic oxidation sites excluding steroid dienone is 2. The van der Waals surface area contributed by atoms with E-state index in [0.29, 0.717) is 10.0 Å². The van der Waals surface area contributed by atoms with Crippen molar-refractivity contribution in [2.45, 2.75) is 31.3 Å². The molecule has 0 saturated heterocycles. The van der Waals surface area contributed by atoms with Crippen LogP contribution in [0.5, 0.6) is 0 Å². The summed E-state index contributed by atoms with van der Waals surface area (Å²) in [4.78, 5) is 3.76. The fourth-order valence-corrected chi connectivity index (χ4v) is 3.82. The van der Waals surface area contributed by atoms with E-state index < -0.39 is 17.8 Å². The van der Waals surface area contributed by atoms with Crippen molar-refractivity contribution >= 4 is 15.9 Å². The molecule has 2 unspecified atom stereocenters. The number of nitrogens with one attached hydrogen (secondary N) is 1. The quantitative estimate of drug-likeness (QED) is 0.784. The normalized spacial score (nSPS) is 21.6. The van der Waals surface area contributed by atoms with Gasteiger partial charge in [-0.2, -0.15) is 18.3 Å². The molecular weight excluding hydrogens is 413 g/mol. The molecule has 1 aromatic carbocycles. The van der Waals surface area contributed by atoms with Crippen molar-refractivity contribution in [1.29, 1.82) is 0 Å². The third kappa shape index (κ3) is 3.05. The highest BCUT2D eigenvalue weighted by atomic mass is 79.9. The van der Waals surface area contributed by atoms with Crippen LogP contribution < -0.4 is 5.32 Å². The minimum absolute atomic E-state index is 0.0242. The van der Waals surface area contributed by atoms with E-state index in [4.69, 9.17) is 0 Å². The van der Waals surface area contributed by atoms with E-state index in [9.17, 15) is 18.3 Å². The Kier molecular flexibility index (Phi) is 4.94. The Bertz CT molecular complexity index is 848. The minimum Gasteiger partial charge on any atom is -0.387 e. The van der Waals surface area contributed by atoms with Crippen LogP contribution in [-0.2, 0) is 12.1 Å². The number of hydrogen-bond acceptors (Lipinski definition) is 4. The van der Waals surface area contributed by atoms with Crippen LogP contribution in [0.25, 0.3) is 0 Å². The van der Waals surface area contributed by atoms with Crippen LogP contribution in [0.1, 0.15) is 12.5 Å². The van der Waals surface area contributed by atoms with Gasteiger partial charge < -0.3 is 10.4 Å². The molecule has 0 aliphatic carbocycles. The van der Waals surface area contributed by atoms with Crippen LogP contribution >= 0.6 is 15.9 Å². The number of halogens is 4. The lowest BCUT2D eigenvalue weighted by Gasteiger charge is -2.43. The number of hydrogen-bond donors (Lipinski definition) is 2. The molecule has 0 spiro atoms. The first-order chi connectivity index (χ1) is 12.3. The Morgan fingerprint density at radius 2 is 2.08 bits per heavy atom. The van der Waals surface area contributed by atoms with Gasteiger partial charge in [0.25, 0.3) is 0 Å². The summed E-state index contributed by atoms with van der Waals surface area (Å²) in [6, 6.07) is 6.10. The molecule has 5 nitrogen and oxygen atoms in total. The summed E-state index contributed by atoms with van der Waals surface area (Å²) in [6.45, 7) is 1.40. The number of aliphatic hydroxyl groups is 1. The average molecular weight is 429 g/mol. The van der Waals surface area contributed by atoms with Gasteiger partial charge in [-0.1, -0.05) is 34.1 Å². The summed E-state index contributed by atoms with van der Waals surface area (Å²) in [6.07, 6.45) is -0.754. The number of benzene rings is 1. The summed E-state index contributed by atoms with van der Waals surface area (Å²) in [5.41, 5.74) is -2.42. The maximum absolute atomic E-state index is 14.4. The summed E-state index contributed by atoms with van der Waals surface area (Å²) in [7, 11) is 0. The van der Waals surface area contributed by atoms with Gasteiger partial charge in [-0.05, 0) is 30.8 Å². The smallest absolute Gasteiger partial charge is 0.387 e. The molecule has 2 N–H and O–H groups in total. The predicted octanol–water partition coefficient (Wildman–Crippen LogP) is 3.29. The first-order valence-corrected chi connectivity index (χ1v) is 8.54. The van der Waals surface area contributed by atoms with E-state index in [1.54, 1.807) is 19.1 Å². The zero-order valence-electron chi connectivity index (χ0n) is 13.7. The van der Waals surface area contributed by atoms with Gasteiger partial charge in [0, 0.05) is 15.6 Å². The minimum atomic E-state index is -4.71. The fourth-order valence-electron chi connectivity index (χ4n) is 3.24. The molecule has 2 atom stereocenters. The van der Waals surface area contributed by atoms with E-state index in [1.807, 2.05) is 0 Å². The molecule has 26 heavy (non-hydrogen) atoms. The Morgan fingerprint density at radius 1 is 1.35 bits per heavy atom. The van der Waals surface area contributed by atoms with Crippen LogP contribution in [0.15, 0.2) is 64.8 Å². The van der Waals surface area contributed by atoms with E-state index in [0.717, 1.165) is 0 Å². The van der Waals surface area contributed by atoms with Crippen LogP contribution in [0.4, 0.5) is 13.2 Å². The molecule has 1 aliphatic rings. The summed E-state index contributed by atoms with van der Waals surface area (Å²) in [5.74, 6) is 0. The first kappa shape index (κ1) is 18.7. The lowest BCUT2D eigenvalue weighted by molar-refractivity contribution is -0.190. The molecule has 138 valence electrons. The first-order valence-electron chi connectivity index (χ1n) is 7.75. The Hall–Kier alpha value is -2.13. The van der Waals surface area contributed by atoms with Crippen LogP contribution in [0.2, 0.25) is 0 Å². The topological polar surface area (TPSA) is 63.0 Å². The lowest BCUT2D eigenvalue weighted by atomic mass is 9.75. The van der Waals surface area contributed by atoms with Gasteiger partial charge in [0.05, 0.1) is 12.6 Å². The van der Waals surface area contributed by atoms with Crippen molar-refractivity contribution in [2.75, 3.05) is 0 Å². The molecule has 0 saturated carbocycles. The number of nitrogens with zero attached hydrogens (tertiary/aromatic N) is 3. The molecule has 0 amide bonds. The van der Waals surface area contributed by atoms with Gasteiger partial charge in [0.1, 0.15) is 12.7 Å². The molecular formula is C17H16BrF3N4O. The SMILES string of the molecule is CC1=C(C(O)Cn2cncn2)C(c2ccccc2Br)(C(F)(F)F)NC=C1. The highest BCUT2D eigenvalue weighted by Crippen LogP contribution is 2.50.